The molecule has 1 aromatic rings. The van der Waals surface area contributed by atoms with Gasteiger partial charge in [-0.05, 0) is 54.1 Å². The summed E-state index contributed by atoms with van der Waals surface area (Å²) in [6.45, 7) is 15.6. The monoisotopic (exact) mass is 428 g/mol. The summed E-state index contributed by atoms with van der Waals surface area (Å²) in [5.74, 6) is 0.625. The van der Waals surface area contributed by atoms with Crippen LogP contribution in [-0.4, -0.2) is 52.9 Å². The highest BCUT2D eigenvalue weighted by Crippen LogP contribution is 2.38. The van der Waals surface area contributed by atoms with Crippen LogP contribution >= 0.6 is 0 Å². The van der Waals surface area contributed by atoms with Crippen molar-refractivity contribution in [1.82, 2.24) is 9.80 Å². The van der Waals surface area contributed by atoms with Crippen molar-refractivity contribution in [3.63, 3.8) is 0 Å². The third-order valence-corrected chi connectivity index (χ3v) is 6.84. The van der Waals surface area contributed by atoms with E-state index in [4.69, 9.17) is 0 Å². The second-order valence-electron chi connectivity index (χ2n) is 11.4. The molecule has 0 radical (unpaired) electrons. The Labute approximate surface area is 187 Å². The first-order valence-corrected chi connectivity index (χ1v) is 11.8. The molecule has 0 aromatic heterocycles. The number of phenols is 1. The van der Waals surface area contributed by atoms with Gasteiger partial charge in [0.1, 0.15) is 5.75 Å². The average molecular weight is 429 g/mol. The number of carbonyl (C=O) groups is 2. The van der Waals surface area contributed by atoms with Gasteiger partial charge in [0.25, 0.3) is 5.91 Å². The Balaban J connectivity index is 1.73. The number of benzene rings is 1. The van der Waals surface area contributed by atoms with Gasteiger partial charge < -0.3 is 14.9 Å². The number of carbonyl (C=O) groups excluding carboxylic acids is 2. The summed E-state index contributed by atoms with van der Waals surface area (Å²) in [5.41, 5.74) is 1.90. The Morgan fingerprint density at radius 2 is 1.48 bits per heavy atom. The number of phenolic OH excluding ortho intramolecular Hbond substituents is 1. The minimum Gasteiger partial charge on any atom is -0.507 e. The zero-order valence-corrected chi connectivity index (χ0v) is 20.3. The maximum absolute atomic E-state index is 13.4. The number of nitrogens with zero attached hydrogens (tertiary/aromatic N) is 2. The molecule has 0 atom stereocenters. The quantitative estimate of drug-likeness (QED) is 0.748. The Bertz CT molecular complexity index is 818. The summed E-state index contributed by atoms with van der Waals surface area (Å²) >= 11 is 0. The number of rotatable bonds is 3. The Kier molecular flexibility index (Phi) is 6.73. The lowest BCUT2D eigenvalue weighted by Crippen LogP contribution is -2.40. The molecule has 1 N–H and O–H groups in total. The molecule has 0 saturated carbocycles. The molecule has 2 aliphatic rings. The van der Waals surface area contributed by atoms with E-state index in [0.717, 1.165) is 49.9 Å². The lowest BCUT2D eigenvalue weighted by Gasteiger charge is -2.33. The molecule has 0 bridgehead atoms. The van der Waals surface area contributed by atoms with Gasteiger partial charge in [-0.3, -0.25) is 9.59 Å². The van der Waals surface area contributed by atoms with Crippen LogP contribution in [0.25, 0.3) is 0 Å². The number of aromatic hydroxyl groups is 1. The molecule has 2 aliphatic heterocycles. The zero-order chi connectivity index (χ0) is 23.0. The maximum Gasteiger partial charge on any atom is 0.257 e. The van der Waals surface area contributed by atoms with E-state index in [1.807, 2.05) is 21.9 Å². The van der Waals surface area contributed by atoms with E-state index in [-0.39, 0.29) is 28.4 Å². The van der Waals surface area contributed by atoms with E-state index in [0.29, 0.717) is 31.0 Å². The second kappa shape index (κ2) is 8.84. The molecular weight excluding hydrogens is 388 g/mol. The Hall–Kier alpha value is -2.04. The van der Waals surface area contributed by atoms with E-state index >= 15 is 0 Å². The fourth-order valence-electron chi connectivity index (χ4n) is 4.66. The summed E-state index contributed by atoms with van der Waals surface area (Å²) in [4.78, 5) is 29.7. The molecule has 1 aromatic carbocycles. The van der Waals surface area contributed by atoms with Gasteiger partial charge in [-0.1, -0.05) is 47.6 Å². The molecule has 2 amide bonds. The Morgan fingerprint density at radius 1 is 0.903 bits per heavy atom. The van der Waals surface area contributed by atoms with E-state index in [2.05, 4.69) is 41.5 Å². The summed E-state index contributed by atoms with van der Waals surface area (Å²) in [6, 6.07) is 3.91. The van der Waals surface area contributed by atoms with Crippen molar-refractivity contribution in [2.75, 3.05) is 26.2 Å². The van der Waals surface area contributed by atoms with Crippen molar-refractivity contribution in [2.24, 2.45) is 5.92 Å². The number of hydrogen-bond acceptors (Lipinski definition) is 3. The third kappa shape index (κ3) is 5.42. The van der Waals surface area contributed by atoms with Crippen molar-refractivity contribution < 1.29 is 14.7 Å². The summed E-state index contributed by atoms with van der Waals surface area (Å²) in [7, 11) is 0. The molecule has 2 fully saturated rings. The van der Waals surface area contributed by atoms with Gasteiger partial charge in [-0.25, -0.2) is 0 Å². The number of amides is 2. The molecule has 172 valence electrons. The first-order chi connectivity index (χ1) is 14.4. The zero-order valence-electron chi connectivity index (χ0n) is 20.3. The van der Waals surface area contributed by atoms with Gasteiger partial charge in [0.05, 0.1) is 5.56 Å². The fourth-order valence-corrected chi connectivity index (χ4v) is 4.66. The van der Waals surface area contributed by atoms with Crippen LogP contribution in [0.3, 0.4) is 0 Å². The van der Waals surface area contributed by atoms with Crippen molar-refractivity contribution in [3.8, 4) is 5.75 Å². The van der Waals surface area contributed by atoms with Crippen LogP contribution in [-0.2, 0) is 15.6 Å². The molecule has 5 heteroatoms. The van der Waals surface area contributed by atoms with Crippen LogP contribution in [0.2, 0.25) is 0 Å². The molecule has 0 aliphatic carbocycles. The van der Waals surface area contributed by atoms with E-state index in [1.165, 1.54) is 0 Å². The highest BCUT2D eigenvalue weighted by atomic mass is 16.3. The molecule has 2 saturated heterocycles. The standard InChI is InChI=1S/C26H40N2O3/c1-25(2,3)19-16-20(23(30)21(17-19)26(4,5)6)24(31)28-13-9-18(10-14-28)15-22(29)27-11-7-8-12-27/h16-18,30H,7-15H2,1-6H3. The van der Waals surface area contributed by atoms with E-state index in [1.54, 1.807) is 0 Å². The van der Waals surface area contributed by atoms with Crippen LogP contribution in [0.15, 0.2) is 12.1 Å². The van der Waals surface area contributed by atoms with Crippen LogP contribution in [0.4, 0.5) is 0 Å². The smallest absolute Gasteiger partial charge is 0.257 e. The largest absolute Gasteiger partial charge is 0.507 e. The van der Waals surface area contributed by atoms with Crippen molar-refractivity contribution in [1.29, 1.82) is 0 Å². The average Bonchev–Trinajstić information content (AvgIpc) is 3.21. The second-order valence-corrected chi connectivity index (χ2v) is 11.4. The minimum atomic E-state index is -0.261. The van der Waals surface area contributed by atoms with Gasteiger partial charge in [-0.2, -0.15) is 0 Å². The number of hydrogen-bond donors (Lipinski definition) is 1. The highest BCUT2D eigenvalue weighted by molar-refractivity contribution is 5.97. The van der Waals surface area contributed by atoms with Crippen LogP contribution in [0, 0.1) is 5.92 Å². The maximum atomic E-state index is 13.4. The van der Waals surface area contributed by atoms with Gasteiger partial charge in [0.2, 0.25) is 5.91 Å². The van der Waals surface area contributed by atoms with Crippen LogP contribution in [0.1, 0.15) is 95.1 Å². The van der Waals surface area contributed by atoms with Gasteiger partial charge in [-0.15, -0.1) is 0 Å². The Morgan fingerprint density at radius 3 is 2.00 bits per heavy atom. The van der Waals surface area contributed by atoms with E-state index in [9.17, 15) is 14.7 Å². The summed E-state index contributed by atoms with van der Waals surface area (Å²) in [6.07, 6.45) is 4.52. The molecule has 0 unspecified atom stereocenters. The first-order valence-electron chi connectivity index (χ1n) is 11.8. The highest BCUT2D eigenvalue weighted by Gasteiger charge is 2.31. The number of piperidine rings is 1. The lowest BCUT2D eigenvalue weighted by atomic mass is 9.78. The predicted molar refractivity (Wildman–Crippen MR) is 125 cm³/mol. The minimum absolute atomic E-state index is 0.0987. The van der Waals surface area contributed by atoms with Crippen LogP contribution in [0.5, 0.6) is 5.75 Å². The normalized spacial score (nSPS) is 18.5. The van der Waals surface area contributed by atoms with Gasteiger partial charge >= 0.3 is 0 Å². The lowest BCUT2D eigenvalue weighted by molar-refractivity contribution is -0.131. The fraction of sp³-hybridized carbons (Fsp3) is 0.692. The van der Waals surface area contributed by atoms with E-state index < -0.39 is 0 Å². The third-order valence-electron chi connectivity index (χ3n) is 6.84. The molecule has 0 spiro atoms. The first kappa shape index (κ1) is 23.6. The molecule has 5 nitrogen and oxygen atoms in total. The molecule has 2 heterocycles. The topological polar surface area (TPSA) is 60.9 Å². The summed E-state index contributed by atoms with van der Waals surface area (Å²) < 4.78 is 0. The van der Waals surface area contributed by atoms with Crippen molar-refractivity contribution >= 4 is 11.8 Å². The van der Waals surface area contributed by atoms with Crippen molar-refractivity contribution in [3.05, 3.63) is 28.8 Å². The predicted octanol–water partition coefficient (Wildman–Crippen LogP) is 4.85. The van der Waals surface area contributed by atoms with Gasteiger partial charge in [0.15, 0.2) is 0 Å². The van der Waals surface area contributed by atoms with Gasteiger partial charge in [0, 0.05) is 38.2 Å². The number of likely N-dealkylation sites (tertiary alicyclic amines) is 2. The summed E-state index contributed by atoms with van der Waals surface area (Å²) in [5, 5.41) is 11.0. The molecule has 3 rings (SSSR count). The van der Waals surface area contributed by atoms with Crippen molar-refractivity contribution in [2.45, 2.75) is 84.5 Å². The molecular formula is C26H40N2O3. The molecule has 31 heavy (non-hydrogen) atoms. The van der Waals surface area contributed by atoms with Crippen LogP contribution < -0.4 is 0 Å². The SMILES string of the molecule is CC(C)(C)c1cc(C(=O)N2CCC(CC(=O)N3CCCC3)CC2)c(O)c(C(C)(C)C)c1.